The van der Waals surface area contributed by atoms with E-state index in [1.54, 1.807) is 10.7 Å². The number of nitrogens with one attached hydrogen (secondary N) is 1. The van der Waals surface area contributed by atoms with Crippen LogP contribution in [0.25, 0.3) is 5.65 Å². The molecular formula is C15H12ClN5S. The number of hydrogen-bond acceptors (Lipinski definition) is 5. The molecule has 0 bridgehead atoms. The van der Waals surface area contributed by atoms with Crippen molar-refractivity contribution >= 4 is 34.8 Å². The molecule has 0 aliphatic carbocycles. The maximum Gasteiger partial charge on any atom is 0.158 e. The molecule has 1 N–H and O–H groups in total. The van der Waals surface area contributed by atoms with Crippen LogP contribution >= 0.6 is 23.4 Å². The summed E-state index contributed by atoms with van der Waals surface area (Å²) in [5.41, 5.74) is 2.14. The minimum absolute atomic E-state index is 0.482. The minimum Gasteiger partial charge on any atom is -0.365 e. The molecule has 0 saturated carbocycles. The van der Waals surface area contributed by atoms with Crippen LogP contribution in [0.15, 0.2) is 41.6 Å². The second-order valence-corrected chi connectivity index (χ2v) is 5.70. The van der Waals surface area contributed by atoms with Crippen LogP contribution < -0.4 is 5.32 Å². The lowest BCUT2D eigenvalue weighted by Gasteiger charge is -2.13. The molecule has 0 saturated heterocycles. The van der Waals surface area contributed by atoms with Crippen LogP contribution in [0.3, 0.4) is 0 Å². The van der Waals surface area contributed by atoms with E-state index in [-0.39, 0.29) is 0 Å². The van der Waals surface area contributed by atoms with E-state index < -0.39 is 0 Å². The number of aromatic nitrogens is 3. The molecule has 0 spiro atoms. The number of nitrogens with zero attached hydrogens (tertiary/aromatic N) is 4. The normalized spacial score (nSPS) is 10.6. The van der Waals surface area contributed by atoms with Crippen LogP contribution in [-0.4, -0.2) is 20.9 Å². The summed E-state index contributed by atoms with van der Waals surface area (Å²) in [4.78, 5) is 4.43. The van der Waals surface area contributed by atoms with Crippen LogP contribution in [0.2, 0.25) is 5.02 Å². The number of anilines is 1. The molecular weight excluding hydrogens is 318 g/mol. The molecule has 3 aromatic rings. The first-order chi connectivity index (χ1) is 10.7. The fourth-order valence-corrected chi connectivity index (χ4v) is 2.89. The van der Waals surface area contributed by atoms with E-state index in [0.717, 1.165) is 5.56 Å². The van der Waals surface area contributed by atoms with E-state index in [2.05, 4.69) is 21.5 Å². The fourth-order valence-electron chi connectivity index (χ4n) is 2.15. The van der Waals surface area contributed by atoms with Gasteiger partial charge in [0.05, 0.1) is 6.20 Å². The zero-order chi connectivity index (χ0) is 15.5. The molecule has 3 rings (SSSR count). The molecule has 110 valence electrons. The second kappa shape index (κ2) is 6.26. The van der Waals surface area contributed by atoms with Crippen LogP contribution in [0.1, 0.15) is 11.1 Å². The number of thioether (sulfide) groups is 1. The summed E-state index contributed by atoms with van der Waals surface area (Å²) >= 11 is 7.61. The van der Waals surface area contributed by atoms with Crippen molar-refractivity contribution in [1.82, 2.24) is 14.6 Å². The Hall–Kier alpha value is -2.23. The average Bonchev–Trinajstić information content (AvgIpc) is 3.01. The number of rotatable bonds is 4. The van der Waals surface area contributed by atoms with Crippen LogP contribution in [0.4, 0.5) is 5.82 Å². The Labute approximate surface area is 136 Å². The molecule has 0 aliphatic rings. The Bertz CT molecular complexity index is 868. The van der Waals surface area contributed by atoms with Crippen molar-refractivity contribution < 1.29 is 0 Å². The molecule has 2 heterocycles. The summed E-state index contributed by atoms with van der Waals surface area (Å²) in [5.74, 6) is 0.627. The lowest BCUT2D eigenvalue weighted by Crippen LogP contribution is -2.10. The van der Waals surface area contributed by atoms with E-state index in [9.17, 15) is 5.26 Å². The first-order valence-corrected chi connectivity index (χ1v) is 8.14. The highest BCUT2D eigenvalue weighted by Gasteiger charge is 2.15. The van der Waals surface area contributed by atoms with Gasteiger partial charge in [-0.1, -0.05) is 29.8 Å². The Morgan fingerprint density at radius 1 is 1.36 bits per heavy atom. The SMILES string of the molecule is CSc1nc2ccnn2c(NCc2ccccc2Cl)c1C#N. The van der Waals surface area contributed by atoms with E-state index in [0.29, 0.717) is 33.6 Å². The molecule has 0 radical (unpaired) electrons. The van der Waals surface area contributed by atoms with Gasteiger partial charge in [0, 0.05) is 17.6 Å². The smallest absolute Gasteiger partial charge is 0.158 e. The zero-order valence-corrected chi connectivity index (χ0v) is 13.3. The van der Waals surface area contributed by atoms with Crippen molar-refractivity contribution in [3.05, 3.63) is 52.7 Å². The quantitative estimate of drug-likeness (QED) is 0.585. The van der Waals surface area contributed by atoms with Gasteiger partial charge in [-0.05, 0) is 17.9 Å². The Morgan fingerprint density at radius 3 is 2.91 bits per heavy atom. The van der Waals surface area contributed by atoms with E-state index in [1.165, 1.54) is 11.8 Å². The molecule has 0 atom stereocenters. The molecule has 22 heavy (non-hydrogen) atoms. The van der Waals surface area contributed by atoms with Crippen LogP contribution in [0, 0.1) is 11.3 Å². The van der Waals surface area contributed by atoms with Gasteiger partial charge < -0.3 is 5.32 Å². The topological polar surface area (TPSA) is 66.0 Å². The summed E-state index contributed by atoms with van der Waals surface area (Å²) in [6.07, 6.45) is 3.56. The number of fused-ring (bicyclic) bond motifs is 1. The van der Waals surface area contributed by atoms with Gasteiger partial charge >= 0.3 is 0 Å². The summed E-state index contributed by atoms with van der Waals surface area (Å²) in [7, 11) is 0. The van der Waals surface area contributed by atoms with Gasteiger partial charge in [-0.15, -0.1) is 11.8 Å². The van der Waals surface area contributed by atoms with Gasteiger partial charge in [0.2, 0.25) is 0 Å². The van der Waals surface area contributed by atoms with Gasteiger partial charge in [0.1, 0.15) is 16.7 Å². The molecule has 1 aromatic carbocycles. The van der Waals surface area contributed by atoms with Gasteiger partial charge in [-0.3, -0.25) is 0 Å². The summed E-state index contributed by atoms with van der Waals surface area (Å²) in [5, 5.41) is 18.3. The maximum atomic E-state index is 9.47. The third-order valence-electron chi connectivity index (χ3n) is 3.21. The lowest BCUT2D eigenvalue weighted by molar-refractivity contribution is 0.897. The van der Waals surface area contributed by atoms with Crippen LogP contribution in [0.5, 0.6) is 0 Å². The van der Waals surface area contributed by atoms with E-state index in [1.807, 2.05) is 36.6 Å². The van der Waals surface area contributed by atoms with E-state index in [4.69, 9.17) is 11.6 Å². The molecule has 5 nitrogen and oxygen atoms in total. The summed E-state index contributed by atoms with van der Waals surface area (Å²) < 4.78 is 1.63. The first kappa shape index (κ1) is 14.7. The predicted molar refractivity (Wildman–Crippen MR) is 88.3 cm³/mol. The summed E-state index contributed by atoms with van der Waals surface area (Å²) in [6.45, 7) is 0.501. The number of hydrogen-bond donors (Lipinski definition) is 1. The molecule has 0 amide bonds. The Morgan fingerprint density at radius 2 is 2.18 bits per heavy atom. The monoisotopic (exact) mass is 329 g/mol. The first-order valence-electron chi connectivity index (χ1n) is 6.53. The lowest BCUT2D eigenvalue weighted by atomic mass is 10.2. The standard InChI is InChI=1S/C15H12ClN5S/c1-22-15-11(8-17)14(21-13(20-15)6-7-19-21)18-9-10-4-2-3-5-12(10)16/h2-7,18H,9H2,1H3. The second-order valence-electron chi connectivity index (χ2n) is 4.50. The average molecular weight is 330 g/mol. The molecule has 2 aromatic heterocycles. The van der Waals surface area contributed by atoms with Gasteiger partial charge in [0.25, 0.3) is 0 Å². The maximum absolute atomic E-state index is 9.47. The predicted octanol–water partition coefficient (Wildman–Crippen LogP) is 3.59. The zero-order valence-electron chi connectivity index (χ0n) is 11.7. The van der Waals surface area contributed by atoms with Crippen molar-refractivity contribution in [1.29, 1.82) is 5.26 Å². The third-order valence-corrected chi connectivity index (χ3v) is 4.26. The highest BCUT2D eigenvalue weighted by Crippen LogP contribution is 2.26. The molecule has 0 unspecified atom stereocenters. The molecule has 0 fully saturated rings. The largest absolute Gasteiger partial charge is 0.365 e. The highest BCUT2D eigenvalue weighted by molar-refractivity contribution is 7.98. The Balaban J connectivity index is 2.04. The van der Waals surface area contributed by atoms with Crippen LogP contribution in [-0.2, 0) is 6.54 Å². The summed E-state index contributed by atoms with van der Waals surface area (Å²) in [6, 6.07) is 11.6. The number of benzene rings is 1. The van der Waals surface area contributed by atoms with Crippen molar-refractivity contribution in [3.8, 4) is 6.07 Å². The number of nitriles is 1. The van der Waals surface area contributed by atoms with Crippen molar-refractivity contribution in [2.45, 2.75) is 11.6 Å². The minimum atomic E-state index is 0.482. The van der Waals surface area contributed by atoms with Crippen molar-refractivity contribution in [3.63, 3.8) is 0 Å². The highest BCUT2D eigenvalue weighted by atomic mass is 35.5. The van der Waals surface area contributed by atoms with Gasteiger partial charge in [0.15, 0.2) is 11.5 Å². The number of halogens is 1. The van der Waals surface area contributed by atoms with Gasteiger partial charge in [-0.25, -0.2) is 4.98 Å². The Kier molecular flexibility index (Phi) is 4.18. The van der Waals surface area contributed by atoms with Crippen molar-refractivity contribution in [2.75, 3.05) is 11.6 Å². The van der Waals surface area contributed by atoms with Crippen molar-refractivity contribution in [2.24, 2.45) is 0 Å². The van der Waals surface area contributed by atoms with Gasteiger partial charge in [-0.2, -0.15) is 14.9 Å². The molecule has 7 heteroatoms. The molecule has 0 aliphatic heterocycles. The van der Waals surface area contributed by atoms with E-state index >= 15 is 0 Å². The third kappa shape index (κ3) is 2.61. The fraction of sp³-hybridized carbons (Fsp3) is 0.133.